The zero-order chi connectivity index (χ0) is 23.3. The van der Waals surface area contributed by atoms with Gasteiger partial charge in [-0.05, 0) is 31.3 Å². The Bertz CT molecular complexity index is 1100. The normalized spacial score (nSPS) is 17.7. The van der Waals surface area contributed by atoms with Crippen molar-refractivity contribution >= 4 is 40.5 Å². The Morgan fingerprint density at radius 3 is 2.56 bits per heavy atom. The highest BCUT2D eigenvalue weighted by atomic mass is 16.5. The highest BCUT2D eigenvalue weighted by molar-refractivity contribution is 6.02. The number of morpholine rings is 1. The van der Waals surface area contributed by atoms with Crippen molar-refractivity contribution in [2.24, 2.45) is 0 Å². The van der Waals surface area contributed by atoms with Crippen LogP contribution >= 0.6 is 0 Å². The van der Waals surface area contributed by atoms with Crippen LogP contribution in [0.15, 0.2) is 30.5 Å². The number of H-pyrrole nitrogens is 1. The summed E-state index contributed by atoms with van der Waals surface area (Å²) in [5, 5.41) is 7.45. The monoisotopic (exact) mass is 464 g/mol. The molecule has 0 aliphatic carbocycles. The number of aromatic nitrogens is 3. The van der Waals surface area contributed by atoms with Crippen molar-refractivity contribution in [3.05, 3.63) is 36.0 Å². The third kappa shape index (κ3) is 5.14. The van der Waals surface area contributed by atoms with Gasteiger partial charge < -0.3 is 30.2 Å². The van der Waals surface area contributed by atoms with E-state index in [-0.39, 0.29) is 0 Å². The van der Waals surface area contributed by atoms with Crippen LogP contribution in [0.4, 0.5) is 23.1 Å². The van der Waals surface area contributed by atoms with Crippen molar-refractivity contribution in [1.29, 1.82) is 0 Å². The average Bonchev–Trinajstić information content (AvgIpc) is 3.29. The van der Waals surface area contributed by atoms with Crippen LogP contribution in [-0.4, -0.2) is 104 Å². The predicted octanol–water partition coefficient (Wildman–Crippen LogP) is 2.01. The fourth-order valence-corrected chi connectivity index (χ4v) is 4.44. The van der Waals surface area contributed by atoms with Crippen LogP contribution in [0.5, 0.6) is 0 Å². The Labute approximate surface area is 199 Å². The van der Waals surface area contributed by atoms with E-state index in [2.05, 4.69) is 66.6 Å². The number of aldehydes is 1. The highest BCUT2D eigenvalue weighted by Crippen LogP contribution is 2.27. The fourth-order valence-electron chi connectivity index (χ4n) is 4.44. The lowest BCUT2D eigenvalue weighted by Crippen LogP contribution is -2.44. The van der Waals surface area contributed by atoms with Crippen molar-refractivity contribution in [2.75, 3.05) is 88.2 Å². The Hall–Kier alpha value is -3.21. The molecule has 5 rings (SSSR count). The van der Waals surface area contributed by atoms with Gasteiger partial charge in [-0.3, -0.25) is 9.69 Å². The standard InChI is InChI=1S/C24H32N8O2/c1-30-8-10-32(11-9-30)20-4-2-19(3-5-20)27-24-28-22(21-18(17-33)16-26-23(21)29-24)25-6-7-31-12-14-34-15-13-31/h2-5,16-17H,6-15H2,1H3,(H3,25,26,27,28,29). The molecule has 3 N–H and O–H groups in total. The second kappa shape index (κ2) is 10.4. The molecule has 2 fully saturated rings. The lowest BCUT2D eigenvalue weighted by Gasteiger charge is -2.34. The molecule has 0 bridgehead atoms. The molecule has 0 atom stereocenters. The van der Waals surface area contributed by atoms with E-state index in [1.54, 1.807) is 6.20 Å². The fraction of sp³-hybridized carbons (Fsp3) is 0.458. The van der Waals surface area contributed by atoms with E-state index in [4.69, 9.17) is 9.72 Å². The van der Waals surface area contributed by atoms with Crippen LogP contribution in [0.25, 0.3) is 11.0 Å². The molecule has 34 heavy (non-hydrogen) atoms. The number of carbonyl (C=O) groups is 1. The van der Waals surface area contributed by atoms with Gasteiger partial charge in [0, 0.05) is 75.5 Å². The van der Waals surface area contributed by atoms with Gasteiger partial charge in [-0.2, -0.15) is 9.97 Å². The van der Waals surface area contributed by atoms with Gasteiger partial charge in [0.25, 0.3) is 0 Å². The summed E-state index contributed by atoms with van der Waals surface area (Å²) in [6, 6.07) is 8.37. The molecule has 4 heterocycles. The SMILES string of the molecule is CN1CCN(c2ccc(Nc3nc(NCCN4CCOCC4)c4c(C=O)c[nH]c4n3)cc2)CC1. The number of nitrogens with zero attached hydrogens (tertiary/aromatic N) is 5. The maximum atomic E-state index is 11.6. The van der Waals surface area contributed by atoms with Gasteiger partial charge in [0.05, 0.1) is 18.6 Å². The molecule has 0 unspecified atom stereocenters. The first-order valence-electron chi connectivity index (χ1n) is 11.9. The zero-order valence-corrected chi connectivity index (χ0v) is 19.6. The number of piperazine rings is 1. The topological polar surface area (TPSA) is 102 Å². The molecule has 0 amide bonds. The molecule has 1 aromatic carbocycles. The van der Waals surface area contributed by atoms with Gasteiger partial charge in [0.1, 0.15) is 11.5 Å². The van der Waals surface area contributed by atoms with Crippen molar-refractivity contribution in [2.45, 2.75) is 0 Å². The van der Waals surface area contributed by atoms with Crippen LogP contribution in [0.3, 0.4) is 0 Å². The Balaban J connectivity index is 1.30. The summed E-state index contributed by atoms with van der Waals surface area (Å²) < 4.78 is 5.42. The first kappa shape index (κ1) is 22.6. The van der Waals surface area contributed by atoms with Crippen molar-refractivity contribution < 1.29 is 9.53 Å². The minimum atomic E-state index is 0.480. The summed E-state index contributed by atoms with van der Waals surface area (Å²) >= 11 is 0. The number of aromatic amines is 1. The molecule has 2 aromatic heterocycles. The third-order valence-electron chi connectivity index (χ3n) is 6.51. The van der Waals surface area contributed by atoms with Crippen LogP contribution in [0, 0.1) is 0 Å². The molecular weight excluding hydrogens is 432 g/mol. The number of hydrogen-bond donors (Lipinski definition) is 3. The number of hydrogen-bond acceptors (Lipinski definition) is 9. The minimum absolute atomic E-state index is 0.480. The summed E-state index contributed by atoms with van der Waals surface area (Å²) in [5.41, 5.74) is 3.31. The van der Waals surface area contributed by atoms with Gasteiger partial charge in [-0.25, -0.2) is 0 Å². The molecule has 2 aliphatic heterocycles. The molecule has 10 heteroatoms. The van der Waals surface area contributed by atoms with Crippen molar-refractivity contribution in [3.8, 4) is 0 Å². The number of benzene rings is 1. The second-order valence-corrected chi connectivity index (χ2v) is 8.82. The van der Waals surface area contributed by atoms with E-state index in [9.17, 15) is 4.79 Å². The number of likely N-dealkylation sites (N-methyl/N-ethyl adjacent to an activating group) is 1. The molecule has 0 saturated carbocycles. The van der Waals surface area contributed by atoms with E-state index in [0.717, 1.165) is 77.5 Å². The summed E-state index contributed by atoms with van der Waals surface area (Å²) in [6.07, 6.45) is 2.51. The number of nitrogens with one attached hydrogen (secondary N) is 3. The third-order valence-corrected chi connectivity index (χ3v) is 6.51. The summed E-state index contributed by atoms with van der Waals surface area (Å²) in [5.74, 6) is 1.13. The molecule has 2 saturated heterocycles. The largest absolute Gasteiger partial charge is 0.379 e. The molecule has 10 nitrogen and oxygen atoms in total. The Morgan fingerprint density at radius 1 is 1.06 bits per heavy atom. The summed E-state index contributed by atoms with van der Waals surface area (Å²) in [7, 11) is 2.16. The van der Waals surface area contributed by atoms with Crippen molar-refractivity contribution in [1.82, 2.24) is 24.8 Å². The summed E-state index contributed by atoms with van der Waals surface area (Å²) in [6.45, 7) is 9.23. The highest BCUT2D eigenvalue weighted by Gasteiger charge is 2.16. The van der Waals surface area contributed by atoms with Crippen molar-refractivity contribution in [3.63, 3.8) is 0 Å². The van der Waals surface area contributed by atoms with E-state index in [0.29, 0.717) is 28.4 Å². The quantitative estimate of drug-likeness (QED) is 0.432. The second-order valence-electron chi connectivity index (χ2n) is 8.82. The van der Waals surface area contributed by atoms with Gasteiger partial charge in [0.2, 0.25) is 5.95 Å². The van der Waals surface area contributed by atoms with Gasteiger partial charge in [0.15, 0.2) is 6.29 Å². The number of fused-ring (bicyclic) bond motifs is 1. The lowest BCUT2D eigenvalue weighted by molar-refractivity contribution is 0.0398. The first-order chi connectivity index (χ1) is 16.7. The lowest BCUT2D eigenvalue weighted by atomic mass is 10.2. The molecule has 0 radical (unpaired) electrons. The number of ether oxygens (including phenoxy) is 1. The van der Waals surface area contributed by atoms with E-state index >= 15 is 0 Å². The van der Waals surface area contributed by atoms with Crippen LogP contribution in [0.1, 0.15) is 10.4 Å². The number of carbonyl (C=O) groups excluding carboxylic acids is 1. The predicted molar refractivity (Wildman–Crippen MR) is 134 cm³/mol. The first-order valence-corrected chi connectivity index (χ1v) is 11.9. The summed E-state index contributed by atoms with van der Waals surface area (Å²) in [4.78, 5) is 31.1. The Morgan fingerprint density at radius 2 is 1.82 bits per heavy atom. The average molecular weight is 465 g/mol. The number of rotatable bonds is 8. The minimum Gasteiger partial charge on any atom is -0.379 e. The zero-order valence-electron chi connectivity index (χ0n) is 19.6. The Kier molecular flexibility index (Phi) is 6.89. The van der Waals surface area contributed by atoms with E-state index in [1.807, 2.05) is 0 Å². The number of anilines is 4. The molecular formula is C24H32N8O2. The van der Waals surface area contributed by atoms with Crippen LogP contribution in [0.2, 0.25) is 0 Å². The smallest absolute Gasteiger partial charge is 0.231 e. The van der Waals surface area contributed by atoms with Gasteiger partial charge >= 0.3 is 0 Å². The van der Waals surface area contributed by atoms with E-state index < -0.39 is 0 Å². The molecule has 0 spiro atoms. The van der Waals surface area contributed by atoms with Gasteiger partial charge in [-0.1, -0.05) is 0 Å². The van der Waals surface area contributed by atoms with Crippen LogP contribution in [-0.2, 0) is 4.74 Å². The van der Waals surface area contributed by atoms with E-state index in [1.165, 1.54) is 5.69 Å². The maximum Gasteiger partial charge on any atom is 0.231 e. The maximum absolute atomic E-state index is 11.6. The van der Waals surface area contributed by atoms with Gasteiger partial charge in [-0.15, -0.1) is 0 Å². The van der Waals surface area contributed by atoms with Crippen LogP contribution < -0.4 is 15.5 Å². The molecule has 3 aromatic rings. The molecule has 2 aliphatic rings. The molecule has 180 valence electrons.